The monoisotopic (exact) mass is 988 g/mol. The van der Waals surface area contributed by atoms with E-state index < -0.39 is 132 Å². The summed E-state index contributed by atoms with van der Waals surface area (Å²) in [5, 5.41) is 59.0. The van der Waals surface area contributed by atoms with Crippen LogP contribution in [0.1, 0.15) is 109 Å². The normalized spacial score (nSPS) is 30.6. The molecular formula is C46H81N7O16. The van der Waals surface area contributed by atoms with Crippen molar-refractivity contribution >= 4 is 30.3 Å². The third kappa shape index (κ3) is 16.7. The highest BCUT2D eigenvalue weighted by atomic mass is 16.7. The van der Waals surface area contributed by atoms with Crippen molar-refractivity contribution in [2.45, 2.75) is 204 Å². The number of hydrogen-bond acceptors (Lipinski definition) is 18. The van der Waals surface area contributed by atoms with Crippen LogP contribution in [0.25, 0.3) is 0 Å². The van der Waals surface area contributed by atoms with Crippen LogP contribution in [0.2, 0.25) is 0 Å². The van der Waals surface area contributed by atoms with E-state index in [9.17, 15) is 44.4 Å². The molecule has 3 fully saturated rings. The molecule has 0 aromatic carbocycles. The van der Waals surface area contributed by atoms with Gasteiger partial charge in [0.1, 0.15) is 58.2 Å². The Kier molecular flexibility index (Phi) is 18.7. The molecule has 69 heavy (non-hydrogen) atoms. The molecule has 10 N–H and O–H groups in total. The maximum atomic E-state index is 13.9. The number of amides is 5. The minimum Gasteiger partial charge on any atom is -0.492 e. The number of likely N-dealkylation sites (N-methyl/N-ethyl adjacent to an activating group) is 1. The smallest absolute Gasteiger partial charge is 0.410 e. The summed E-state index contributed by atoms with van der Waals surface area (Å²) in [7, 11) is 1.34. The molecule has 0 aromatic heterocycles. The van der Waals surface area contributed by atoms with E-state index in [-0.39, 0.29) is 32.0 Å². The van der Waals surface area contributed by atoms with Crippen LogP contribution in [-0.2, 0) is 38.0 Å². The number of aliphatic hydroxyl groups excluding tert-OH is 3. The minimum atomic E-state index is -1.84. The van der Waals surface area contributed by atoms with E-state index >= 15 is 0 Å². The Morgan fingerprint density at radius 3 is 2.00 bits per heavy atom. The molecule has 0 aromatic rings. The van der Waals surface area contributed by atoms with Crippen LogP contribution in [0, 0.1) is 5.92 Å². The Labute approximate surface area is 405 Å². The average molecular weight is 988 g/mol. The number of nitrogens with one attached hydrogen (secondary N) is 4. The van der Waals surface area contributed by atoms with Crippen molar-refractivity contribution in [3.63, 3.8) is 0 Å². The summed E-state index contributed by atoms with van der Waals surface area (Å²) in [6.45, 7) is 21.7. The number of nitrogens with zero attached hydrogens (tertiary/aromatic N) is 2. The number of carbonyl (C=O) groups is 5. The number of rotatable bonds is 13. The number of alkyl carbamates (subject to hydrolysis) is 2. The first kappa shape index (κ1) is 57.3. The number of ether oxygens (including phenoxy) is 7. The van der Waals surface area contributed by atoms with Crippen molar-refractivity contribution < 1.29 is 77.6 Å². The fraction of sp³-hybridized carbons (Fsp3) is 0.848. The van der Waals surface area contributed by atoms with Crippen LogP contribution >= 0.6 is 0 Å². The van der Waals surface area contributed by atoms with Gasteiger partial charge < -0.3 is 90.4 Å². The molecule has 3 aliphatic heterocycles. The zero-order chi connectivity index (χ0) is 52.2. The minimum absolute atomic E-state index is 0.0140. The van der Waals surface area contributed by atoms with Gasteiger partial charge in [0.2, 0.25) is 5.91 Å². The zero-order valence-corrected chi connectivity index (χ0v) is 42.8. The lowest BCUT2D eigenvalue weighted by molar-refractivity contribution is -0.306. The molecule has 1 saturated carbocycles. The van der Waals surface area contributed by atoms with Crippen LogP contribution < -0.4 is 27.0 Å². The topological polar surface area (TPSA) is 312 Å². The molecule has 4 aliphatic rings. The average Bonchev–Trinajstić information content (AvgIpc) is 3.15. The van der Waals surface area contributed by atoms with Gasteiger partial charge in [-0.2, -0.15) is 0 Å². The molecule has 5 amide bonds. The summed E-state index contributed by atoms with van der Waals surface area (Å²) in [6, 6.07) is -4.50. The fourth-order valence-corrected chi connectivity index (χ4v) is 8.67. The van der Waals surface area contributed by atoms with Gasteiger partial charge in [-0.05, 0) is 115 Å². The van der Waals surface area contributed by atoms with Crippen molar-refractivity contribution in [3.05, 3.63) is 11.8 Å². The van der Waals surface area contributed by atoms with Gasteiger partial charge in [-0.15, -0.1) is 0 Å². The molecule has 1 unspecified atom stereocenters. The maximum absolute atomic E-state index is 13.9. The molecule has 2 saturated heterocycles. The Balaban J connectivity index is 1.73. The highest BCUT2D eigenvalue weighted by Crippen LogP contribution is 2.39. The lowest BCUT2D eigenvalue weighted by Crippen LogP contribution is -2.71. The molecule has 396 valence electrons. The Morgan fingerprint density at radius 1 is 0.855 bits per heavy atom. The summed E-state index contributed by atoms with van der Waals surface area (Å²) in [4.78, 5) is 68.6. The van der Waals surface area contributed by atoms with Gasteiger partial charge in [-0.25, -0.2) is 19.2 Å². The second kappa shape index (κ2) is 22.5. The summed E-state index contributed by atoms with van der Waals surface area (Å²) in [5.74, 6) is -1.64. The Bertz CT molecular complexity index is 1820. The number of carbonyl (C=O) groups excluding carboxylic acids is 5. The molecule has 4 rings (SSSR count). The quantitative estimate of drug-likeness (QED) is 0.118. The number of hydrogen-bond donors (Lipinski definition) is 9. The van der Waals surface area contributed by atoms with E-state index in [1.54, 1.807) is 94.1 Å². The number of nitrogens with two attached hydrogens (primary N) is 1. The summed E-state index contributed by atoms with van der Waals surface area (Å²) < 4.78 is 41.0. The lowest BCUT2D eigenvalue weighted by Gasteiger charge is -2.52. The molecule has 12 atom stereocenters. The Hall–Kier alpha value is -4.23. The third-order valence-corrected chi connectivity index (χ3v) is 11.5. The summed E-state index contributed by atoms with van der Waals surface area (Å²) >= 11 is 0. The first-order valence-electron chi connectivity index (χ1n) is 23.6. The molecule has 0 spiro atoms. The predicted octanol–water partition coefficient (Wildman–Crippen LogP) is 1.32. The standard InChI is InChI=1S/C46H81N7O16/c1-42(2,3)66-38(58)48-18-17-29(54)36(57)50-28-19-27(51-39(59)67-43(4,5)6)30(33-26(16-15-25(20-47)64-33)49-24-21-53(22-24)41(61)69-45(10,11)12)31(55)34(28)65-37-32(56)35(46(13,62)23-63-37)52(14)40(60)68-44(7,8)9/h15,24,26-35,37,49,54-56,62H,16-23,47H2,1-14H3,(H,48,58)(H,50,57)(H,51,59)/t26-,27+,28-,29+,30?,31+,32-,33+,34+,35-,37-,46+/m1/s1. The van der Waals surface area contributed by atoms with Crippen LogP contribution in [0.4, 0.5) is 19.2 Å². The third-order valence-electron chi connectivity index (χ3n) is 11.5. The van der Waals surface area contributed by atoms with Gasteiger partial charge in [0.25, 0.3) is 0 Å². The van der Waals surface area contributed by atoms with Gasteiger partial charge in [-0.1, -0.05) is 0 Å². The molecule has 0 bridgehead atoms. The van der Waals surface area contributed by atoms with Crippen molar-refractivity contribution in [1.29, 1.82) is 0 Å². The zero-order valence-electron chi connectivity index (χ0n) is 42.8. The second-order valence-corrected chi connectivity index (χ2v) is 22.6. The first-order valence-corrected chi connectivity index (χ1v) is 23.6. The summed E-state index contributed by atoms with van der Waals surface area (Å²) in [5.41, 5.74) is 0.893. The van der Waals surface area contributed by atoms with Gasteiger partial charge in [0.15, 0.2) is 6.29 Å². The SMILES string of the molecule is CN(C(=O)OC(C)(C)C)[C@@H]1[C@@H](O)[C@@H](O[C@H]2[C@H](NC(=O)[C@@H](O)CCNC(=O)OC(C)(C)C)C[C@H](NC(=O)OC(C)(C)C)C([C@H]3OC(CN)=CC[C@H]3NC3CN(C(=O)OC(C)(C)C)C3)[C@@H]2O)OC[C@]1(C)O. The van der Waals surface area contributed by atoms with Gasteiger partial charge >= 0.3 is 24.4 Å². The van der Waals surface area contributed by atoms with Gasteiger partial charge in [0, 0.05) is 50.7 Å². The molecular weight excluding hydrogens is 907 g/mol. The van der Waals surface area contributed by atoms with E-state index in [1.165, 1.54) is 14.0 Å². The van der Waals surface area contributed by atoms with E-state index in [0.29, 0.717) is 25.3 Å². The van der Waals surface area contributed by atoms with Crippen LogP contribution in [0.5, 0.6) is 0 Å². The first-order chi connectivity index (χ1) is 31.6. The van der Waals surface area contributed by atoms with E-state index in [0.717, 1.165) is 4.90 Å². The van der Waals surface area contributed by atoms with Crippen molar-refractivity contribution in [1.82, 2.24) is 31.1 Å². The van der Waals surface area contributed by atoms with Crippen LogP contribution in [0.15, 0.2) is 11.8 Å². The maximum Gasteiger partial charge on any atom is 0.410 e. The van der Waals surface area contributed by atoms with Crippen molar-refractivity contribution in [2.24, 2.45) is 11.7 Å². The number of aliphatic hydroxyl groups is 4. The van der Waals surface area contributed by atoms with E-state index in [2.05, 4.69) is 21.3 Å². The number of likely N-dealkylation sites (tertiary alicyclic amines) is 1. The highest BCUT2D eigenvalue weighted by molar-refractivity contribution is 5.81. The second-order valence-electron chi connectivity index (χ2n) is 22.6. The van der Waals surface area contributed by atoms with Crippen LogP contribution in [-0.4, -0.2) is 195 Å². The molecule has 3 heterocycles. The lowest BCUT2D eigenvalue weighted by atomic mass is 9.72. The van der Waals surface area contributed by atoms with Gasteiger partial charge in [-0.3, -0.25) is 4.79 Å². The van der Waals surface area contributed by atoms with E-state index in [1.807, 2.05) is 0 Å². The largest absolute Gasteiger partial charge is 0.492 e. The molecule has 23 heteroatoms. The summed E-state index contributed by atoms with van der Waals surface area (Å²) in [6.07, 6.45) is -10.6. The van der Waals surface area contributed by atoms with Gasteiger partial charge in [0.05, 0.1) is 31.3 Å². The fourth-order valence-electron chi connectivity index (χ4n) is 8.67. The van der Waals surface area contributed by atoms with Crippen LogP contribution in [0.3, 0.4) is 0 Å². The highest BCUT2D eigenvalue weighted by Gasteiger charge is 2.57. The van der Waals surface area contributed by atoms with Crippen molar-refractivity contribution in [3.8, 4) is 0 Å². The predicted molar refractivity (Wildman–Crippen MR) is 248 cm³/mol. The van der Waals surface area contributed by atoms with Crippen molar-refractivity contribution in [2.75, 3.05) is 39.8 Å². The van der Waals surface area contributed by atoms with E-state index in [4.69, 9.17) is 38.9 Å². The molecule has 0 radical (unpaired) electrons. The Morgan fingerprint density at radius 2 is 1.43 bits per heavy atom. The molecule has 1 aliphatic carbocycles. The molecule has 23 nitrogen and oxygen atoms in total.